The summed E-state index contributed by atoms with van der Waals surface area (Å²) in [6.07, 6.45) is 5.33. The summed E-state index contributed by atoms with van der Waals surface area (Å²) < 4.78 is 30.0. The zero-order valence-corrected chi connectivity index (χ0v) is 15.0. The van der Waals surface area contributed by atoms with E-state index in [1.165, 1.54) is 0 Å². The van der Waals surface area contributed by atoms with E-state index in [0.717, 1.165) is 36.0 Å². The van der Waals surface area contributed by atoms with Crippen molar-refractivity contribution in [3.05, 3.63) is 41.0 Å². The quantitative estimate of drug-likeness (QED) is 0.595. The van der Waals surface area contributed by atoms with Crippen LogP contribution in [0.1, 0.15) is 49.7 Å². The molecule has 1 fully saturated rings. The van der Waals surface area contributed by atoms with E-state index in [0.29, 0.717) is 6.42 Å². The average molecular weight is 365 g/mol. The highest BCUT2D eigenvalue weighted by Crippen LogP contribution is 2.23. The van der Waals surface area contributed by atoms with E-state index in [9.17, 15) is 18.0 Å². The third kappa shape index (κ3) is 6.10. The zero-order chi connectivity index (χ0) is 18.4. The molecule has 1 amide bonds. The van der Waals surface area contributed by atoms with Crippen molar-refractivity contribution >= 4 is 27.9 Å². The maximum atomic E-state index is 12.0. The number of allylic oxidation sites excluding steroid dienone is 1. The van der Waals surface area contributed by atoms with Gasteiger partial charge in [-0.25, -0.2) is 0 Å². The monoisotopic (exact) mass is 365 g/mol. The molecular formula is C18H23NO5S. The number of carbonyl (C=O) groups is 2. The molecule has 0 aliphatic heterocycles. The van der Waals surface area contributed by atoms with Gasteiger partial charge in [-0.3, -0.25) is 14.1 Å². The normalized spacial score (nSPS) is 18.2. The van der Waals surface area contributed by atoms with Gasteiger partial charge in [0.05, 0.1) is 11.7 Å². The Balaban J connectivity index is 1.97. The molecule has 1 saturated carbocycles. The van der Waals surface area contributed by atoms with Crippen LogP contribution in [0.25, 0.3) is 6.08 Å². The van der Waals surface area contributed by atoms with Gasteiger partial charge in [0.25, 0.3) is 10.1 Å². The summed E-state index contributed by atoms with van der Waals surface area (Å²) in [5, 5.41) is 2.49. The first-order valence-electron chi connectivity index (χ1n) is 8.33. The van der Waals surface area contributed by atoms with Gasteiger partial charge >= 0.3 is 0 Å². The summed E-state index contributed by atoms with van der Waals surface area (Å²) in [7, 11) is -4.08. The summed E-state index contributed by atoms with van der Waals surface area (Å²) in [6, 6.07) is 7.39. The first-order chi connectivity index (χ1) is 11.8. The maximum Gasteiger partial charge on any atom is 0.266 e. The summed E-state index contributed by atoms with van der Waals surface area (Å²) in [5.74, 6) is -1.05. The molecule has 6 nitrogen and oxygen atoms in total. The van der Waals surface area contributed by atoms with Gasteiger partial charge in [-0.2, -0.15) is 8.42 Å². The largest absolute Gasteiger partial charge is 0.354 e. The molecule has 1 aromatic carbocycles. The molecule has 0 aromatic heterocycles. The van der Waals surface area contributed by atoms with Crippen molar-refractivity contribution in [1.82, 2.24) is 5.32 Å². The number of amides is 1. The first kappa shape index (κ1) is 19.3. The summed E-state index contributed by atoms with van der Waals surface area (Å²) in [5.41, 5.74) is 2.57. The predicted molar refractivity (Wildman–Crippen MR) is 95.7 cm³/mol. The molecule has 0 spiro atoms. The lowest BCUT2D eigenvalue weighted by molar-refractivity contribution is -0.122. The fourth-order valence-corrected chi connectivity index (χ4v) is 3.10. The van der Waals surface area contributed by atoms with Crippen molar-refractivity contribution in [1.29, 1.82) is 0 Å². The molecule has 2 rings (SSSR count). The highest BCUT2D eigenvalue weighted by atomic mass is 32.2. The van der Waals surface area contributed by atoms with Crippen LogP contribution >= 0.6 is 0 Å². The Bertz CT molecular complexity index is 765. The average Bonchev–Trinajstić information content (AvgIpc) is 2.56. The summed E-state index contributed by atoms with van der Waals surface area (Å²) >= 11 is 0. The smallest absolute Gasteiger partial charge is 0.266 e. The van der Waals surface area contributed by atoms with E-state index in [2.05, 4.69) is 5.32 Å². The molecule has 0 unspecified atom stereocenters. The Morgan fingerprint density at radius 2 is 1.88 bits per heavy atom. The number of ketones is 1. The van der Waals surface area contributed by atoms with Crippen molar-refractivity contribution in [2.75, 3.05) is 12.3 Å². The number of hydrogen-bond donors (Lipinski definition) is 2. The van der Waals surface area contributed by atoms with Crippen LogP contribution in [0.2, 0.25) is 0 Å². The van der Waals surface area contributed by atoms with E-state index in [-0.39, 0.29) is 18.2 Å². The van der Waals surface area contributed by atoms with Gasteiger partial charge in [-0.1, -0.05) is 24.3 Å². The van der Waals surface area contributed by atoms with Crippen LogP contribution in [0.4, 0.5) is 0 Å². The molecule has 0 radical (unpaired) electrons. The second-order valence-electron chi connectivity index (χ2n) is 6.27. The third-order valence-electron chi connectivity index (χ3n) is 4.29. The molecule has 0 heterocycles. The fourth-order valence-electron chi connectivity index (χ4n) is 2.74. The Hall–Kier alpha value is -1.99. The van der Waals surface area contributed by atoms with Crippen LogP contribution in [0, 0.1) is 0 Å². The lowest BCUT2D eigenvalue weighted by atomic mass is 9.91. The molecule has 136 valence electrons. The van der Waals surface area contributed by atoms with Gasteiger partial charge in [0, 0.05) is 13.0 Å². The number of benzene rings is 1. The van der Waals surface area contributed by atoms with Crippen LogP contribution in [0.5, 0.6) is 0 Å². The third-order valence-corrected chi connectivity index (χ3v) is 5.01. The van der Waals surface area contributed by atoms with E-state index in [1.807, 2.05) is 30.3 Å². The number of nitrogens with one attached hydrogen (secondary N) is 1. The van der Waals surface area contributed by atoms with Gasteiger partial charge in [-0.15, -0.1) is 0 Å². The summed E-state index contributed by atoms with van der Waals surface area (Å²) in [6.45, 7) is 1.59. The van der Waals surface area contributed by atoms with Crippen LogP contribution in [-0.2, 0) is 19.7 Å². The number of Topliss-reactive ketones (excluding diaryl/α,β-unsaturated/α-hetero) is 1. The van der Waals surface area contributed by atoms with Crippen LogP contribution in [-0.4, -0.2) is 37.0 Å². The van der Waals surface area contributed by atoms with E-state index in [1.54, 1.807) is 6.92 Å². The number of hydrogen-bond acceptors (Lipinski definition) is 4. The van der Waals surface area contributed by atoms with Crippen molar-refractivity contribution in [2.24, 2.45) is 0 Å². The highest BCUT2D eigenvalue weighted by Gasteiger charge is 2.17. The van der Waals surface area contributed by atoms with Crippen molar-refractivity contribution in [3.63, 3.8) is 0 Å². The number of carbonyl (C=O) groups excluding carboxylic acids is 2. The second-order valence-corrected chi connectivity index (χ2v) is 7.84. The van der Waals surface area contributed by atoms with Crippen molar-refractivity contribution < 1.29 is 22.6 Å². The maximum absolute atomic E-state index is 12.0. The minimum atomic E-state index is -4.08. The number of rotatable bonds is 6. The van der Waals surface area contributed by atoms with Crippen molar-refractivity contribution in [2.45, 2.75) is 38.5 Å². The Labute approximate surface area is 148 Å². The SMILES string of the molecule is C[C@@H](C(=O)NCCS(=O)(=O)O)c1ccc(C=C2CCCCC2=O)cc1. The standard InChI is InChI=1S/C18H23NO5S/c1-13(18(21)19-10-11-25(22,23)24)15-8-6-14(7-9-15)12-16-4-2-3-5-17(16)20/h6-9,12-13H,2-5,10-11H2,1H3,(H,19,21)(H,22,23,24)/t13-/m1/s1. The van der Waals surface area contributed by atoms with Gasteiger partial charge < -0.3 is 5.32 Å². The predicted octanol–water partition coefficient (Wildman–Crippen LogP) is 2.32. The fraction of sp³-hybridized carbons (Fsp3) is 0.444. The molecule has 0 bridgehead atoms. The molecule has 25 heavy (non-hydrogen) atoms. The lowest BCUT2D eigenvalue weighted by Crippen LogP contribution is -2.32. The van der Waals surface area contributed by atoms with Gasteiger partial charge in [0.2, 0.25) is 5.91 Å². The van der Waals surface area contributed by atoms with E-state index < -0.39 is 21.8 Å². The van der Waals surface area contributed by atoms with Gasteiger partial charge in [0.1, 0.15) is 0 Å². The minimum Gasteiger partial charge on any atom is -0.354 e. The van der Waals surface area contributed by atoms with Crippen LogP contribution < -0.4 is 5.32 Å². The topological polar surface area (TPSA) is 101 Å². The van der Waals surface area contributed by atoms with Crippen molar-refractivity contribution in [3.8, 4) is 0 Å². The highest BCUT2D eigenvalue weighted by molar-refractivity contribution is 7.85. The van der Waals surface area contributed by atoms with Crippen LogP contribution in [0.15, 0.2) is 29.8 Å². The molecule has 1 aliphatic rings. The molecule has 7 heteroatoms. The lowest BCUT2D eigenvalue weighted by Gasteiger charge is -2.14. The van der Waals surface area contributed by atoms with E-state index in [4.69, 9.17) is 4.55 Å². The Morgan fingerprint density at radius 1 is 1.24 bits per heavy atom. The minimum absolute atomic E-state index is 0.131. The Morgan fingerprint density at radius 3 is 2.48 bits per heavy atom. The van der Waals surface area contributed by atoms with E-state index >= 15 is 0 Å². The second kappa shape index (κ2) is 8.40. The molecule has 1 atom stereocenters. The van der Waals surface area contributed by atoms with Gasteiger partial charge in [0.15, 0.2) is 5.78 Å². The molecule has 1 aromatic rings. The zero-order valence-electron chi connectivity index (χ0n) is 14.2. The first-order valence-corrected chi connectivity index (χ1v) is 9.94. The molecule has 2 N–H and O–H groups in total. The molecular weight excluding hydrogens is 342 g/mol. The van der Waals surface area contributed by atoms with Gasteiger partial charge in [-0.05, 0) is 49.0 Å². The molecule has 0 saturated heterocycles. The van der Waals surface area contributed by atoms with Crippen LogP contribution in [0.3, 0.4) is 0 Å². The Kier molecular flexibility index (Phi) is 6.50. The summed E-state index contributed by atoms with van der Waals surface area (Å²) in [4.78, 5) is 23.9. The molecule has 1 aliphatic carbocycles.